The summed E-state index contributed by atoms with van der Waals surface area (Å²) in [6, 6.07) is 17.2. The van der Waals surface area contributed by atoms with Gasteiger partial charge in [0.1, 0.15) is 29.1 Å². The lowest BCUT2D eigenvalue weighted by atomic mass is 9.87. The Morgan fingerprint density at radius 1 is 1.06 bits per heavy atom. The van der Waals surface area contributed by atoms with E-state index in [4.69, 9.17) is 14.3 Å². The van der Waals surface area contributed by atoms with E-state index < -0.39 is 64.9 Å². The van der Waals surface area contributed by atoms with Crippen molar-refractivity contribution in [3.63, 3.8) is 0 Å². The summed E-state index contributed by atoms with van der Waals surface area (Å²) in [5.41, 5.74) is 3.53. The summed E-state index contributed by atoms with van der Waals surface area (Å²) in [5.74, 6) is -3.40. The number of oxime groups is 1. The lowest BCUT2D eigenvalue weighted by Gasteiger charge is -2.53. The number of hydrogen-bond donors (Lipinski definition) is 4. The van der Waals surface area contributed by atoms with Crippen LogP contribution in [0.25, 0.3) is 0 Å². The number of hydrogen-bond acceptors (Lipinski definition) is 14. The van der Waals surface area contributed by atoms with Gasteiger partial charge in [0.05, 0.1) is 0 Å². The van der Waals surface area contributed by atoms with Crippen LogP contribution in [0.4, 0.5) is 5.13 Å². The molecule has 2 saturated heterocycles. The van der Waals surface area contributed by atoms with Gasteiger partial charge in [0.25, 0.3) is 11.8 Å². The molecule has 0 spiro atoms. The molecule has 2 aromatic carbocycles. The molecular formula is C32H31N7O10S2. The van der Waals surface area contributed by atoms with Gasteiger partial charge in [-0.25, -0.2) is 4.98 Å². The summed E-state index contributed by atoms with van der Waals surface area (Å²) in [6.07, 6.45) is -0.159. The Bertz CT molecular complexity index is 1770. The molecule has 19 heteroatoms. The molecule has 1 aromatic heterocycles. The van der Waals surface area contributed by atoms with Gasteiger partial charge < -0.3 is 29.8 Å². The fourth-order valence-electron chi connectivity index (χ4n) is 5.17. The standard InChI is InChI=1S/C32H31N7O10S2/c1-19(42)47-15-32(30(46)49-26(20-8-4-2-5-9-20)21-10-6-3-7-11-21)14-39-28(45)25(29(39)51-16-32)36-27(44)24(22-13-50-31(35-22)33-17-40)38-48-12-23(43)37-34-18-41/h2-11,13,17-18,25-26,29H,12,14-16H2,1H3,(H,34,41)(H,36,44)(H,37,43)(H,33,35,40)/t25?,29-,32?/m1/s1. The van der Waals surface area contributed by atoms with Crippen LogP contribution in [-0.4, -0.2) is 95.0 Å². The van der Waals surface area contributed by atoms with Gasteiger partial charge in [-0.1, -0.05) is 65.8 Å². The van der Waals surface area contributed by atoms with Crippen molar-refractivity contribution in [2.45, 2.75) is 24.4 Å². The first-order chi connectivity index (χ1) is 24.7. The number of β-lactam (4-membered cyclic amide) rings is 1. The van der Waals surface area contributed by atoms with Gasteiger partial charge in [0.2, 0.25) is 18.7 Å². The lowest BCUT2D eigenvalue weighted by molar-refractivity contribution is -0.171. The Morgan fingerprint density at radius 2 is 1.75 bits per heavy atom. The van der Waals surface area contributed by atoms with Crippen molar-refractivity contribution < 1.29 is 47.9 Å². The molecule has 2 unspecified atom stereocenters. The van der Waals surface area contributed by atoms with Gasteiger partial charge in [-0.2, -0.15) is 0 Å². The van der Waals surface area contributed by atoms with Crippen molar-refractivity contribution in [1.29, 1.82) is 0 Å². The van der Waals surface area contributed by atoms with Gasteiger partial charge in [0, 0.05) is 24.6 Å². The van der Waals surface area contributed by atoms with E-state index in [-0.39, 0.29) is 36.1 Å². The number of thiazole rings is 1. The lowest BCUT2D eigenvalue weighted by Crippen LogP contribution is -2.74. The Labute approximate surface area is 298 Å². The summed E-state index contributed by atoms with van der Waals surface area (Å²) in [5, 5.41) is 9.63. The molecule has 4 N–H and O–H groups in total. The number of ether oxygens (including phenoxy) is 2. The van der Waals surface area contributed by atoms with Crippen LogP contribution >= 0.6 is 23.1 Å². The first-order valence-electron chi connectivity index (χ1n) is 15.2. The van der Waals surface area contributed by atoms with E-state index in [9.17, 15) is 33.6 Å². The van der Waals surface area contributed by atoms with Crippen LogP contribution in [0.1, 0.15) is 29.8 Å². The maximum absolute atomic E-state index is 14.1. The van der Waals surface area contributed by atoms with E-state index in [1.807, 2.05) is 71.5 Å². The van der Waals surface area contributed by atoms with E-state index >= 15 is 0 Å². The third-order valence-corrected chi connectivity index (χ3v) is 9.97. The van der Waals surface area contributed by atoms with E-state index in [0.717, 1.165) is 22.5 Å². The molecule has 0 radical (unpaired) electrons. The summed E-state index contributed by atoms with van der Waals surface area (Å²) in [7, 11) is 0. The maximum atomic E-state index is 14.1. The molecule has 3 atom stereocenters. The largest absolute Gasteiger partial charge is 0.465 e. The van der Waals surface area contributed by atoms with Gasteiger partial charge in [-0.05, 0) is 11.1 Å². The molecule has 266 valence electrons. The summed E-state index contributed by atoms with van der Waals surface area (Å²) in [6.45, 7) is 0.0282. The highest BCUT2D eigenvalue weighted by Crippen LogP contribution is 2.44. The normalized spacial score (nSPS) is 19.5. The zero-order valence-electron chi connectivity index (χ0n) is 26.8. The number of rotatable bonds is 16. The average molecular weight is 738 g/mol. The third kappa shape index (κ3) is 8.68. The minimum Gasteiger partial charge on any atom is -0.465 e. The van der Waals surface area contributed by atoms with Crippen LogP contribution in [0.15, 0.2) is 71.2 Å². The number of nitrogens with zero attached hydrogens (tertiary/aromatic N) is 3. The number of benzene rings is 2. The number of fused-ring (bicyclic) bond motifs is 1. The van der Waals surface area contributed by atoms with Gasteiger partial charge in [-0.3, -0.25) is 44.4 Å². The molecule has 0 saturated carbocycles. The summed E-state index contributed by atoms with van der Waals surface area (Å²) in [4.78, 5) is 96.6. The molecule has 2 aliphatic heterocycles. The third-order valence-electron chi connectivity index (χ3n) is 7.61. The number of hydrazine groups is 1. The van der Waals surface area contributed by atoms with Crippen molar-refractivity contribution in [2.75, 3.05) is 30.8 Å². The molecular weight excluding hydrogens is 707 g/mol. The second-order valence-corrected chi connectivity index (χ2v) is 13.1. The van der Waals surface area contributed by atoms with E-state index in [1.54, 1.807) is 0 Å². The average Bonchev–Trinajstić information content (AvgIpc) is 3.61. The van der Waals surface area contributed by atoms with Gasteiger partial charge in [-0.15, -0.1) is 23.1 Å². The highest BCUT2D eigenvalue weighted by molar-refractivity contribution is 8.00. The van der Waals surface area contributed by atoms with Crippen LogP contribution in [0.5, 0.6) is 0 Å². The zero-order valence-corrected chi connectivity index (χ0v) is 28.4. The Balaban J connectivity index is 1.32. The minimum absolute atomic E-state index is 0.0252. The Morgan fingerprint density at radius 3 is 2.37 bits per heavy atom. The van der Waals surface area contributed by atoms with E-state index in [0.29, 0.717) is 6.41 Å². The molecule has 0 aliphatic carbocycles. The smallest absolute Gasteiger partial charge is 0.319 e. The monoisotopic (exact) mass is 737 g/mol. The van der Waals surface area contributed by atoms with Gasteiger partial charge in [0.15, 0.2) is 23.6 Å². The first-order valence-corrected chi connectivity index (χ1v) is 17.1. The highest BCUT2D eigenvalue weighted by Gasteiger charge is 2.59. The van der Waals surface area contributed by atoms with Crippen LogP contribution in [0.2, 0.25) is 0 Å². The van der Waals surface area contributed by atoms with Gasteiger partial charge >= 0.3 is 11.9 Å². The topological polar surface area (TPSA) is 224 Å². The predicted molar refractivity (Wildman–Crippen MR) is 181 cm³/mol. The molecule has 51 heavy (non-hydrogen) atoms. The number of nitrogens with one attached hydrogen (secondary N) is 4. The zero-order chi connectivity index (χ0) is 36.4. The molecule has 17 nitrogen and oxygen atoms in total. The number of amides is 5. The number of aromatic nitrogens is 1. The number of esters is 2. The first kappa shape index (κ1) is 36.5. The Hall–Kier alpha value is -5.82. The van der Waals surface area contributed by atoms with Crippen molar-refractivity contribution in [3.8, 4) is 0 Å². The van der Waals surface area contributed by atoms with Crippen LogP contribution < -0.4 is 21.5 Å². The summed E-state index contributed by atoms with van der Waals surface area (Å²) < 4.78 is 11.5. The van der Waals surface area contributed by atoms with Crippen molar-refractivity contribution >= 4 is 76.4 Å². The molecule has 3 heterocycles. The quantitative estimate of drug-likeness (QED) is 0.0519. The van der Waals surface area contributed by atoms with Crippen LogP contribution in [-0.2, 0) is 47.9 Å². The van der Waals surface area contributed by atoms with Crippen molar-refractivity contribution in [3.05, 3.63) is 82.9 Å². The number of carbonyl (C=O) groups excluding carboxylic acids is 7. The molecule has 2 aliphatic rings. The number of anilines is 1. The molecule has 0 bridgehead atoms. The number of carbonyl (C=O) groups is 7. The van der Waals surface area contributed by atoms with E-state index in [1.165, 1.54) is 29.0 Å². The fourth-order valence-corrected chi connectivity index (χ4v) is 7.34. The molecule has 3 aromatic rings. The predicted octanol–water partition coefficient (Wildman–Crippen LogP) is 0.492. The highest BCUT2D eigenvalue weighted by atomic mass is 32.2. The molecule has 5 rings (SSSR count). The van der Waals surface area contributed by atoms with Crippen molar-refractivity contribution in [2.24, 2.45) is 10.6 Å². The minimum atomic E-state index is -1.43. The second kappa shape index (κ2) is 16.7. The molecule has 2 fully saturated rings. The van der Waals surface area contributed by atoms with E-state index in [2.05, 4.69) is 20.8 Å². The molecule has 5 amide bonds. The van der Waals surface area contributed by atoms with Crippen LogP contribution in [0.3, 0.4) is 0 Å². The SMILES string of the molecule is CC(=O)OCC1(C(=O)OC(c2ccccc2)c2ccccc2)CS[C@@H]2C(NC(=O)C(=NOCC(=O)NNC=O)c3csc(NC=O)n3)C(=O)N2C1. The summed E-state index contributed by atoms with van der Waals surface area (Å²) >= 11 is 2.18. The number of thioether (sulfide) groups is 1. The Kier molecular flexibility index (Phi) is 12.0. The van der Waals surface area contributed by atoms with Crippen molar-refractivity contribution in [1.82, 2.24) is 26.1 Å². The second-order valence-electron chi connectivity index (χ2n) is 11.1. The maximum Gasteiger partial charge on any atom is 0.319 e. The van der Waals surface area contributed by atoms with Crippen LogP contribution in [0, 0.1) is 5.41 Å². The fraction of sp³-hybridized carbons (Fsp3) is 0.281.